The van der Waals surface area contributed by atoms with Crippen molar-refractivity contribution in [3.63, 3.8) is 0 Å². The fraction of sp³-hybridized carbons (Fsp3) is 0.241. The number of hydrogen-bond donors (Lipinski definition) is 5. The van der Waals surface area contributed by atoms with E-state index in [4.69, 9.17) is 32.2 Å². The molecule has 3 rings (SSSR count). The van der Waals surface area contributed by atoms with Gasteiger partial charge in [-0.05, 0) is 51.1 Å². The summed E-state index contributed by atoms with van der Waals surface area (Å²) in [5.41, 5.74) is 8.91. The lowest BCUT2D eigenvalue weighted by Gasteiger charge is -2.23. The highest BCUT2D eigenvalue weighted by atomic mass is 35.5. The maximum atomic E-state index is 15.6. The molecule has 16 heteroatoms. The van der Waals surface area contributed by atoms with Gasteiger partial charge < -0.3 is 25.3 Å². The van der Waals surface area contributed by atoms with Gasteiger partial charge in [-0.15, -0.1) is 0 Å². The number of hydrazine groups is 1. The molecular weight excluding hydrogens is 626 g/mol. The summed E-state index contributed by atoms with van der Waals surface area (Å²) in [6.07, 6.45) is -5.75. The average molecular weight is 654 g/mol. The zero-order valence-electron chi connectivity index (χ0n) is 24.0. The minimum absolute atomic E-state index is 0.0138. The monoisotopic (exact) mass is 653 g/mol. The third-order valence-corrected chi connectivity index (χ3v) is 6.06. The van der Waals surface area contributed by atoms with Gasteiger partial charge in [0, 0.05) is 23.4 Å². The first-order valence-corrected chi connectivity index (χ1v) is 13.5. The van der Waals surface area contributed by atoms with Gasteiger partial charge in [-0.1, -0.05) is 23.7 Å². The van der Waals surface area contributed by atoms with Crippen LogP contribution in [0.2, 0.25) is 5.02 Å². The van der Waals surface area contributed by atoms with E-state index < -0.39 is 47.4 Å². The molecule has 240 valence electrons. The van der Waals surface area contributed by atoms with E-state index in [-0.39, 0.29) is 51.6 Å². The number of anilines is 1. The normalized spacial score (nSPS) is 11.8. The molecule has 11 nitrogen and oxygen atoms in total. The first kappa shape index (κ1) is 34.4. The third kappa shape index (κ3) is 8.98. The number of rotatable bonds is 11. The van der Waals surface area contributed by atoms with Crippen LogP contribution in [0.25, 0.3) is 0 Å². The van der Waals surface area contributed by atoms with Crippen LogP contribution in [-0.4, -0.2) is 42.5 Å². The van der Waals surface area contributed by atoms with Gasteiger partial charge in [0.05, 0.1) is 28.9 Å². The van der Waals surface area contributed by atoms with Gasteiger partial charge in [0.1, 0.15) is 23.4 Å². The molecule has 0 spiro atoms. The molecule has 0 bridgehead atoms. The molecule has 3 aromatic carbocycles. The third-order valence-electron chi connectivity index (χ3n) is 5.73. The molecule has 3 aromatic rings. The van der Waals surface area contributed by atoms with Gasteiger partial charge in [-0.2, -0.15) is 13.2 Å². The van der Waals surface area contributed by atoms with Gasteiger partial charge in [-0.25, -0.2) is 9.18 Å². The van der Waals surface area contributed by atoms with Crippen LogP contribution in [0.1, 0.15) is 48.3 Å². The van der Waals surface area contributed by atoms with Crippen molar-refractivity contribution in [3.05, 3.63) is 82.1 Å². The van der Waals surface area contributed by atoms with Gasteiger partial charge in [0.15, 0.2) is 11.5 Å². The summed E-state index contributed by atoms with van der Waals surface area (Å²) < 4.78 is 70.0. The van der Waals surface area contributed by atoms with Crippen LogP contribution in [0.15, 0.2) is 54.6 Å². The molecule has 0 aliphatic carbocycles. The van der Waals surface area contributed by atoms with E-state index in [0.717, 1.165) is 18.2 Å². The number of halogens is 5. The Morgan fingerprint density at radius 3 is 2.27 bits per heavy atom. The van der Waals surface area contributed by atoms with Crippen molar-refractivity contribution in [2.24, 2.45) is 5.73 Å². The van der Waals surface area contributed by atoms with E-state index in [1.54, 1.807) is 26.8 Å². The predicted molar refractivity (Wildman–Crippen MR) is 156 cm³/mol. The van der Waals surface area contributed by atoms with Gasteiger partial charge in [0.25, 0.3) is 11.8 Å². The number of nitrogens with two attached hydrogens (primary N) is 1. The highest BCUT2D eigenvalue weighted by Gasteiger charge is 2.42. The van der Waals surface area contributed by atoms with Crippen molar-refractivity contribution in [3.8, 4) is 17.2 Å². The minimum Gasteiger partial charge on any atom is -0.490 e. The van der Waals surface area contributed by atoms with Crippen molar-refractivity contribution < 1.29 is 46.2 Å². The number of hydrogen-bond acceptors (Lipinski definition) is 8. The minimum atomic E-state index is -5.38. The molecule has 1 atom stereocenters. The predicted octanol–water partition coefficient (Wildman–Crippen LogP) is 5.03. The van der Waals surface area contributed by atoms with Crippen LogP contribution in [0, 0.1) is 11.2 Å². The lowest BCUT2D eigenvalue weighted by molar-refractivity contribution is -0.189. The Morgan fingerprint density at radius 2 is 1.67 bits per heavy atom. The maximum absolute atomic E-state index is 15.6. The number of amidine groups is 1. The van der Waals surface area contributed by atoms with Crippen molar-refractivity contribution in [1.82, 2.24) is 10.9 Å². The smallest absolute Gasteiger partial charge is 0.490 e. The molecular formula is C29H28ClF4N5O6. The molecule has 6 N–H and O–H groups in total. The van der Waals surface area contributed by atoms with Crippen LogP contribution in [-0.2, 0) is 9.59 Å². The summed E-state index contributed by atoms with van der Waals surface area (Å²) >= 11 is 6.04. The zero-order valence-corrected chi connectivity index (χ0v) is 24.7. The highest BCUT2D eigenvalue weighted by molar-refractivity contribution is 6.33. The number of esters is 1. The highest BCUT2D eigenvalue weighted by Crippen LogP contribution is 2.36. The number of alkyl halides is 3. The second-order valence-corrected chi connectivity index (χ2v) is 9.84. The molecule has 0 saturated carbocycles. The Labute approximate surface area is 259 Å². The number of carbonyl (C=O) groups excluding carboxylic acids is 3. The molecule has 45 heavy (non-hydrogen) atoms. The van der Waals surface area contributed by atoms with Crippen LogP contribution >= 0.6 is 11.6 Å². The van der Waals surface area contributed by atoms with Crippen LogP contribution < -0.4 is 36.1 Å². The van der Waals surface area contributed by atoms with Crippen LogP contribution in [0.5, 0.6) is 17.2 Å². The maximum Gasteiger partial charge on any atom is 0.491 e. The molecule has 0 radical (unpaired) electrons. The number of amides is 2. The van der Waals surface area contributed by atoms with Crippen molar-refractivity contribution in [1.29, 1.82) is 5.41 Å². The fourth-order valence-electron chi connectivity index (χ4n) is 3.82. The van der Waals surface area contributed by atoms with Gasteiger partial charge >= 0.3 is 12.1 Å². The van der Waals surface area contributed by atoms with Crippen molar-refractivity contribution >= 4 is 40.9 Å². The standard InChI is InChI=1S/C29H28ClF4N5O6/c1-4-43-22-12-18(20(31)13-23(22)44-14(2)3)24(27(41)39-38-26(40)16-7-5-6-8-19(16)30)37-15-9-10-17(25(35)36)21(11-15)45-28(42)29(32,33)34/h5-14,24,37H,4H2,1-3H3,(H3,35,36)(H,38,40)(H,39,41). The van der Waals surface area contributed by atoms with Gasteiger partial charge in [-0.3, -0.25) is 25.8 Å². The molecule has 0 saturated heterocycles. The Morgan fingerprint density at radius 1 is 0.978 bits per heavy atom. The van der Waals surface area contributed by atoms with E-state index in [1.807, 2.05) is 0 Å². The Kier molecular flexibility index (Phi) is 11.2. The fourth-order valence-corrected chi connectivity index (χ4v) is 4.04. The Balaban J connectivity index is 2.06. The topological polar surface area (TPSA) is 165 Å². The zero-order chi connectivity index (χ0) is 33.5. The van der Waals surface area contributed by atoms with E-state index in [0.29, 0.717) is 0 Å². The summed E-state index contributed by atoms with van der Waals surface area (Å²) in [5.74, 6) is -6.79. The molecule has 0 aliphatic rings. The second-order valence-electron chi connectivity index (χ2n) is 9.43. The average Bonchev–Trinajstić information content (AvgIpc) is 2.95. The molecule has 0 aliphatic heterocycles. The van der Waals surface area contributed by atoms with E-state index >= 15 is 4.39 Å². The molecule has 1 unspecified atom stereocenters. The summed E-state index contributed by atoms with van der Waals surface area (Å²) in [4.78, 5) is 37.7. The lowest BCUT2D eigenvalue weighted by Crippen LogP contribution is -2.45. The van der Waals surface area contributed by atoms with Crippen molar-refractivity contribution in [2.75, 3.05) is 11.9 Å². The van der Waals surface area contributed by atoms with Crippen molar-refractivity contribution in [2.45, 2.75) is 39.1 Å². The summed E-state index contributed by atoms with van der Waals surface area (Å²) in [6.45, 7) is 5.21. The Hall–Kier alpha value is -5.05. The largest absolute Gasteiger partial charge is 0.491 e. The number of ether oxygens (including phenoxy) is 3. The summed E-state index contributed by atoms with van der Waals surface area (Å²) in [5, 5.41) is 10.4. The van der Waals surface area contributed by atoms with E-state index in [2.05, 4.69) is 20.9 Å². The molecule has 2 amide bonds. The SMILES string of the molecule is CCOc1cc(C(Nc2ccc(C(=N)N)c(OC(=O)C(F)(F)F)c2)C(=O)NNC(=O)c2ccccc2Cl)c(F)cc1OC(C)C. The van der Waals surface area contributed by atoms with E-state index in [1.165, 1.54) is 30.3 Å². The van der Waals surface area contributed by atoms with Gasteiger partial charge in [0.2, 0.25) is 0 Å². The first-order valence-electron chi connectivity index (χ1n) is 13.1. The second kappa shape index (κ2) is 14.6. The lowest BCUT2D eigenvalue weighted by atomic mass is 10.0. The number of nitrogen functional groups attached to an aromatic ring is 1. The number of carbonyl (C=O) groups is 3. The summed E-state index contributed by atoms with van der Waals surface area (Å²) in [7, 11) is 0. The van der Waals surface area contributed by atoms with E-state index in [9.17, 15) is 27.6 Å². The Bertz CT molecular complexity index is 1600. The summed E-state index contributed by atoms with van der Waals surface area (Å²) in [6, 6.07) is 9.54. The first-order chi connectivity index (χ1) is 21.1. The number of benzene rings is 3. The van der Waals surface area contributed by atoms with Crippen LogP contribution in [0.4, 0.5) is 23.2 Å². The molecule has 0 aromatic heterocycles. The molecule has 0 fully saturated rings. The molecule has 0 heterocycles. The quantitative estimate of drug-likeness (QED) is 0.0480. The number of nitrogens with one attached hydrogen (secondary N) is 4. The van der Waals surface area contributed by atoms with Crippen LogP contribution in [0.3, 0.4) is 0 Å².